The van der Waals surface area contributed by atoms with Crippen molar-refractivity contribution < 1.29 is 13.2 Å². The molecule has 7 nitrogen and oxygen atoms in total. The summed E-state index contributed by atoms with van der Waals surface area (Å²) >= 11 is 7.44. The number of rotatable bonds is 10. The molecule has 1 heterocycles. The number of hydrogen-bond donors (Lipinski definition) is 3. The summed E-state index contributed by atoms with van der Waals surface area (Å²) in [5.41, 5.74) is 1.01. The van der Waals surface area contributed by atoms with Crippen LogP contribution >= 0.6 is 46.9 Å². The van der Waals surface area contributed by atoms with Crippen LogP contribution in [0.1, 0.15) is 12.5 Å². The fourth-order valence-corrected chi connectivity index (χ4v) is 4.67. The summed E-state index contributed by atoms with van der Waals surface area (Å²) in [5, 5.41) is 8.75. The molecule has 0 aliphatic rings. The van der Waals surface area contributed by atoms with Crippen molar-refractivity contribution in [2.45, 2.75) is 17.6 Å². The van der Waals surface area contributed by atoms with Crippen LogP contribution in [-0.4, -0.2) is 47.7 Å². The lowest BCUT2D eigenvalue weighted by Gasteiger charge is -2.12. The lowest BCUT2D eigenvalue weighted by molar-refractivity contribution is 0.414. The van der Waals surface area contributed by atoms with Crippen molar-refractivity contribution >= 4 is 62.9 Å². The minimum Gasteiger partial charge on any atom is -0.497 e. The van der Waals surface area contributed by atoms with E-state index >= 15 is 0 Å². The summed E-state index contributed by atoms with van der Waals surface area (Å²) in [6.07, 6.45) is 0.720. The number of methoxy groups -OCH3 is 1. The smallest absolute Gasteiger partial charge is 0.250 e. The SMILES string of the molecule is CCNC(=NCCNS(=O)(=O)c1cccs1)NCCc1ccc(OC)cc1Cl.I. The zero-order chi connectivity index (χ0) is 20.4. The van der Waals surface area contributed by atoms with Crippen LogP contribution in [0.4, 0.5) is 0 Å². The van der Waals surface area contributed by atoms with Crippen LogP contribution in [0.2, 0.25) is 5.02 Å². The predicted octanol–water partition coefficient (Wildman–Crippen LogP) is 3.10. The number of sulfonamides is 1. The van der Waals surface area contributed by atoms with E-state index in [-0.39, 0.29) is 30.5 Å². The third kappa shape index (κ3) is 8.67. The molecule has 0 amide bonds. The Morgan fingerprint density at radius 1 is 1.24 bits per heavy atom. The van der Waals surface area contributed by atoms with Gasteiger partial charge in [0.25, 0.3) is 0 Å². The average Bonchev–Trinajstić information content (AvgIpc) is 3.22. The molecule has 0 saturated heterocycles. The first-order chi connectivity index (χ1) is 13.5. The molecule has 0 radical (unpaired) electrons. The Hall–Kier alpha value is -1.08. The molecule has 162 valence electrons. The molecule has 0 bridgehead atoms. The molecule has 0 aliphatic heterocycles. The molecule has 0 saturated carbocycles. The molecule has 2 aromatic rings. The lowest BCUT2D eigenvalue weighted by atomic mass is 10.1. The van der Waals surface area contributed by atoms with E-state index in [4.69, 9.17) is 16.3 Å². The molecule has 11 heteroatoms. The van der Waals surface area contributed by atoms with E-state index in [0.29, 0.717) is 34.8 Å². The van der Waals surface area contributed by atoms with Gasteiger partial charge in [-0.1, -0.05) is 23.7 Å². The zero-order valence-corrected chi connectivity index (χ0v) is 21.0. The largest absolute Gasteiger partial charge is 0.497 e. The molecule has 0 atom stereocenters. The second-order valence-electron chi connectivity index (χ2n) is 5.72. The summed E-state index contributed by atoms with van der Waals surface area (Å²) in [6, 6.07) is 8.88. The van der Waals surface area contributed by atoms with Gasteiger partial charge < -0.3 is 15.4 Å². The molecule has 3 N–H and O–H groups in total. The van der Waals surface area contributed by atoms with Crippen molar-refractivity contribution in [3.8, 4) is 5.75 Å². The van der Waals surface area contributed by atoms with Crippen LogP contribution in [0.15, 0.2) is 44.9 Å². The summed E-state index contributed by atoms with van der Waals surface area (Å²) in [6.45, 7) is 3.86. The first kappa shape index (κ1) is 26.0. The normalized spacial score (nSPS) is 11.6. The summed E-state index contributed by atoms with van der Waals surface area (Å²) < 4.78 is 32.1. The van der Waals surface area contributed by atoms with Crippen LogP contribution in [0.25, 0.3) is 0 Å². The Labute approximate surface area is 198 Å². The monoisotopic (exact) mass is 572 g/mol. The van der Waals surface area contributed by atoms with E-state index in [1.165, 1.54) is 11.3 Å². The Morgan fingerprint density at radius 3 is 2.66 bits per heavy atom. The molecular formula is C18H26ClIN4O3S2. The van der Waals surface area contributed by atoms with Crippen molar-refractivity contribution in [1.29, 1.82) is 0 Å². The van der Waals surface area contributed by atoms with Gasteiger partial charge in [0.2, 0.25) is 10.0 Å². The highest BCUT2D eigenvalue weighted by Gasteiger charge is 2.13. The number of ether oxygens (including phenoxy) is 1. The van der Waals surface area contributed by atoms with E-state index < -0.39 is 10.0 Å². The Bertz CT molecular complexity index is 877. The third-order valence-corrected chi connectivity index (χ3v) is 6.94. The first-order valence-corrected chi connectivity index (χ1v) is 11.6. The average molecular weight is 573 g/mol. The van der Waals surface area contributed by atoms with Gasteiger partial charge in [-0.3, -0.25) is 4.99 Å². The van der Waals surface area contributed by atoms with Gasteiger partial charge in [0, 0.05) is 24.7 Å². The van der Waals surface area contributed by atoms with Crippen LogP contribution in [0, 0.1) is 0 Å². The van der Waals surface area contributed by atoms with E-state index in [2.05, 4.69) is 20.3 Å². The van der Waals surface area contributed by atoms with Gasteiger partial charge in [0.15, 0.2) is 5.96 Å². The highest BCUT2D eigenvalue weighted by Crippen LogP contribution is 2.22. The van der Waals surface area contributed by atoms with E-state index in [1.807, 2.05) is 19.1 Å². The maximum atomic E-state index is 12.1. The number of halogens is 2. The molecule has 0 fully saturated rings. The Balaban J connectivity index is 0.00000420. The van der Waals surface area contributed by atoms with Gasteiger partial charge in [-0.2, -0.15) is 0 Å². The summed E-state index contributed by atoms with van der Waals surface area (Å²) in [5.74, 6) is 1.35. The van der Waals surface area contributed by atoms with Gasteiger partial charge in [-0.15, -0.1) is 35.3 Å². The van der Waals surface area contributed by atoms with Crippen LogP contribution < -0.4 is 20.1 Å². The minimum absolute atomic E-state index is 0. The quantitative estimate of drug-likeness (QED) is 0.176. The van der Waals surface area contributed by atoms with Crippen molar-refractivity contribution in [3.05, 3.63) is 46.3 Å². The van der Waals surface area contributed by atoms with Gasteiger partial charge in [0.05, 0.1) is 13.7 Å². The lowest BCUT2D eigenvalue weighted by Crippen LogP contribution is -2.39. The van der Waals surface area contributed by atoms with E-state index in [0.717, 1.165) is 17.7 Å². The van der Waals surface area contributed by atoms with Gasteiger partial charge in [-0.25, -0.2) is 13.1 Å². The molecule has 29 heavy (non-hydrogen) atoms. The Kier molecular flexibility index (Phi) is 11.9. The molecule has 0 aliphatic carbocycles. The highest BCUT2D eigenvalue weighted by molar-refractivity contribution is 14.0. The molecule has 0 spiro atoms. The standard InChI is InChI=1S/C18H25ClN4O3S2.HI/c1-3-20-18(21-9-8-14-6-7-15(26-2)13-16(14)19)22-10-11-23-28(24,25)17-5-4-12-27-17;/h4-7,12-13,23H,3,8-11H2,1-2H3,(H2,20,21,22);1H. The molecule has 1 aromatic carbocycles. The number of benzene rings is 1. The number of nitrogens with zero attached hydrogens (tertiary/aromatic N) is 1. The third-order valence-electron chi connectivity index (χ3n) is 3.72. The van der Waals surface area contributed by atoms with Crippen molar-refractivity contribution in [2.75, 3.05) is 33.3 Å². The Morgan fingerprint density at radius 2 is 2.03 bits per heavy atom. The second kappa shape index (κ2) is 13.3. The predicted molar refractivity (Wildman–Crippen MR) is 131 cm³/mol. The van der Waals surface area contributed by atoms with Gasteiger partial charge >= 0.3 is 0 Å². The van der Waals surface area contributed by atoms with Crippen molar-refractivity contribution in [2.24, 2.45) is 4.99 Å². The fraction of sp³-hybridized carbons (Fsp3) is 0.389. The molecule has 0 unspecified atom stereocenters. The van der Waals surface area contributed by atoms with Crippen LogP contribution in [0.5, 0.6) is 5.75 Å². The van der Waals surface area contributed by atoms with E-state index in [9.17, 15) is 8.42 Å². The minimum atomic E-state index is -3.46. The maximum absolute atomic E-state index is 12.1. The fourth-order valence-electron chi connectivity index (χ4n) is 2.35. The molecular weight excluding hydrogens is 547 g/mol. The molecule has 1 aromatic heterocycles. The van der Waals surface area contributed by atoms with Crippen LogP contribution in [-0.2, 0) is 16.4 Å². The van der Waals surface area contributed by atoms with Crippen LogP contribution in [0.3, 0.4) is 0 Å². The number of guanidine groups is 1. The summed E-state index contributed by atoms with van der Waals surface area (Å²) in [7, 11) is -1.85. The number of thiophene rings is 1. The number of aliphatic imine (C=N–C) groups is 1. The second-order valence-corrected chi connectivity index (χ2v) is 9.07. The van der Waals surface area contributed by atoms with Gasteiger partial charge in [-0.05, 0) is 42.5 Å². The maximum Gasteiger partial charge on any atom is 0.250 e. The van der Waals surface area contributed by atoms with Crippen molar-refractivity contribution in [1.82, 2.24) is 15.4 Å². The van der Waals surface area contributed by atoms with Crippen molar-refractivity contribution in [3.63, 3.8) is 0 Å². The summed E-state index contributed by atoms with van der Waals surface area (Å²) in [4.78, 5) is 4.40. The van der Waals surface area contributed by atoms with Gasteiger partial charge in [0.1, 0.15) is 9.96 Å². The zero-order valence-electron chi connectivity index (χ0n) is 16.3. The number of nitrogens with one attached hydrogen (secondary N) is 3. The topological polar surface area (TPSA) is 91.8 Å². The van der Waals surface area contributed by atoms with E-state index in [1.54, 1.807) is 30.7 Å². The molecule has 2 rings (SSSR count). The first-order valence-electron chi connectivity index (χ1n) is 8.84. The highest BCUT2D eigenvalue weighted by atomic mass is 127. The number of hydrogen-bond acceptors (Lipinski definition) is 5.